The van der Waals surface area contributed by atoms with Crippen molar-refractivity contribution in [2.45, 2.75) is 23.4 Å². The van der Waals surface area contributed by atoms with E-state index in [1.165, 1.54) is 18.1 Å². The highest BCUT2D eigenvalue weighted by molar-refractivity contribution is 7.99. The summed E-state index contributed by atoms with van der Waals surface area (Å²) in [6, 6.07) is 22.9. The van der Waals surface area contributed by atoms with E-state index in [-0.39, 0.29) is 16.5 Å². The molecule has 7 nitrogen and oxygen atoms in total. The lowest BCUT2D eigenvalue weighted by Crippen LogP contribution is -2.20. The predicted octanol–water partition coefficient (Wildman–Crippen LogP) is 5.58. The monoisotopic (exact) mass is 429 g/mol. The van der Waals surface area contributed by atoms with E-state index in [0.29, 0.717) is 12.4 Å². The van der Waals surface area contributed by atoms with Crippen molar-refractivity contribution in [3.63, 3.8) is 0 Å². The van der Waals surface area contributed by atoms with Crippen molar-refractivity contribution in [2.24, 2.45) is 0 Å². The molecular weight excluding hydrogens is 410 g/mol. The third-order valence-corrected chi connectivity index (χ3v) is 5.55. The van der Waals surface area contributed by atoms with Crippen LogP contribution in [0.4, 0.5) is 17.3 Å². The number of hydrogen-bond donors (Lipinski definition) is 0. The lowest BCUT2D eigenvalue weighted by molar-refractivity contribution is -0.387. The number of benzene rings is 2. The van der Waals surface area contributed by atoms with Crippen LogP contribution in [0, 0.1) is 17.0 Å². The Bertz CT molecular complexity index is 1170. The van der Waals surface area contributed by atoms with E-state index in [4.69, 9.17) is 0 Å². The molecule has 0 spiro atoms. The van der Waals surface area contributed by atoms with Crippen LogP contribution in [-0.4, -0.2) is 19.9 Å². The second kappa shape index (κ2) is 9.36. The largest absolute Gasteiger partial charge is 0.344 e. The number of aromatic nitrogens is 3. The van der Waals surface area contributed by atoms with Crippen molar-refractivity contribution in [3.8, 4) is 0 Å². The Kier molecular flexibility index (Phi) is 6.18. The van der Waals surface area contributed by atoms with Gasteiger partial charge in [-0.05, 0) is 36.8 Å². The lowest BCUT2D eigenvalue weighted by atomic mass is 10.2. The molecule has 2 aromatic carbocycles. The van der Waals surface area contributed by atoms with Crippen LogP contribution in [0.25, 0.3) is 0 Å². The first-order valence-corrected chi connectivity index (χ1v) is 10.4. The fourth-order valence-corrected chi connectivity index (χ4v) is 3.91. The van der Waals surface area contributed by atoms with Crippen LogP contribution in [-0.2, 0) is 6.54 Å². The first-order valence-electron chi connectivity index (χ1n) is 9.58. The maximum atomic E-state index is 12.1. The van der Waals surface area contributed by atoms with E-state index >= 15 is 0 Å². The molecule has 31 heavy (non-hydrogen) atoms. The summed E-state index contributed by atoms with van der Waals surface area (Å²) in [5.41, 5.74) is 1.95. The van der Waals surface area contributed by atoms with Crippen molar-refractivity contribution in [2.75, 3.05) is 4.90 Å². The molecular formula is C23H19N5O2S. The number of hydrogen-bond acceptors (Lipinski definition) is 7. The van der Waals surface area contributed by atoms with E-state index in [1.807, 2.05) is 73.7 Å². The highest BCUT2D eigenvalue weighted by atomic mass is 32.2. The minimum atomic E-state index is -0.424. The van der Waals surface area contributed by atoms with Gasteiger partial charge in [0.15, 0.2) is 5.03 Å². The van der Waals surface area contributed by atoms with Crippen LogP contribution in [0.15, 0.2) is 95.2 Å². The third-order valence-electron chi connectivity index (χ3n) is 4.55. The van der Waals surface area contributed by atoms with E-state index in [2.05, 4.69) is 15.0 Å². The molecule has 0 unspecified atom stereocenters. The van der Waals surface area contributed by atoms with Gasteiger partial charge >= 0.3 is 5.69 Å². The van der Waals surface area contributed by atoms with Crippen molar-refractivity contribution < 1.29 is 4.92 Å². The predicted molar refractivity (Wildman–Crippen MR) is 121 cm³/mol. The molecule has 0 amide bonds. The van der Waals surface area contributed by atoms with Gasteiger partial charge in [-0.2, -0.15) is 0 Å². The summed E-state index contributed by atoms with van der Waals surface area (Å²) in [4.78, 5) is 27.3. The Morgan fingerprint density at radius 2 is 1.68 bits per heavy atom. The van der Waals surface area contributed by atoms with Gasteiger partial charge in [0.1, 0.15) is 12.1 Å². The summed E-state index contributed by atoms with van der Waals surface area (Å²) in [5.74, 6) is 0.775. The van der Waals surface area contributed by atoms with Crippen LogP contribution >= 0.6 is 11.8 Å². The van der Waals surface area contributed by atoms with Crippen LogP contribution in [0.2, 0.25) is 0 Å². The van der Waals surface area contributed by atoms with Gasteiger partial charge in [-0.3, -0.25) is 10.1 Å². The third kappa shape index (κ3) is 4.87. The van der Waals surface area contributed by atoms with Crippen LogP contribution in [0.1, 0.15) is 11.1 Å². The van der Waals surface area contributed by atoms with Crippen molar-refractivity contribution in [1.29, 1.82) is 0 Å². The fraction of sp³-hybridized carbons (Fsp3) is 0.0870. The molecule has 8 heteroatoms. The van der Waals surface area contributed by atoms with Gasteiger partial charge in [-0.25, -0.2) is 15.0 Å². The van der Waals surface area contributed by atoms with Crippen LogP contribution in [0.3, 0.4) is 0 Å². The standard InChI is InChI=1S/C23H19N5O2S/c1-17-10-12-19(13-11-17)31-23-21(28(29)30)22(25-16-26-23)27(20-9-5-6-14-24-20)15-18-7-3-2-4-8-18/h2-14,16H,15H2,1H3. The molecule has 0 aliphatic rings. The number of nitrogens with zero attached hydrogens (tertiary/aromatic N) is 5. The number of pyridine rings is 1. The lowest BCUT2D eigenvalue weighted by Gasteiger charge is -2.23. The summed E-state index contributed by atoms with van der Waals surface area (Å²) < 4.78 is 0. The second-order valence-electron chi connectivity index (χ2n) is 6.78. The van der Waals surface area contributed by atoms with E-state index in [9.17, 15) is 10.1 Å². The van der Waals surface area contributed by atoms with Crippen molar-refractivity contribution >= 4 is 29.1 Å². The molecule has 0 radical (unpaired) electrons. The first kappa shape index (κ1) is 20.5. The molecule has 2 aromatic heterocycles. The minimum absolute atomic E-state index is 0.144. The summed E-state index contributed by atoms with van der Waals surface area (Å²) in [6.07, 6.45) is 3.02. The zero-order valence-corrected chi connectivity index (χ0v) is 17.6. The Labute approximate surface area is 184 Å². The van der Waals surface area contributed by atoms with E-state index < -0.39 is 4.92 Å². The number of nitro groups is 1. The molecule has 0 aliphatic carbocycles. The van der Waals surface area contributed by atoms with Gasteiger partial charge in [0.25, 0.3) is 0 Å². The molecule has 0 bridgehead atoms. The van der Waals surface area contributed by atoms with Gasteiger partial charge < -0.3 is 4.90 Å². The SMILES string of the molecule is Cc1ccc(Sc2ncnc(N(Cc3ccccc3)c3ccccn3)c2[N+](=O)[O-])cc1. The summed E-state index contributed by atoms with van der Waals surface area (Å²) in [7, 11) is 0. The maximum Gasteiger partial charge on any atom is 0.344 e. The molecule has 0 atom stereocenters. The van der Waals surface area contributed by atoms with E-state index in [1.54, 1.807) is 17.2 Å². The number of aryl methyl sites for hydroxylation is 1. The van der Waals surface area contributed by atoms with Crippen molar-refractivity contribution in [3.05, 3.63) is 107 Å². The molecule has 0 fully saturated rings. The zero-order valence-electron chi connectivity index (χ0n) is 16.8. The molecule has 154 valence electrons. The Morgan fingerprint density at radius 1 is 0.935 bits per heavy atom. The normalized spacial score (nSPS) is 10.6. The molecule has 0 saturated carbocycles. The first-order chi connectivity index (χ1) is 15.1. The highest BCUT2D eigenvalue weighted by Gasteiger charge is 2.29. The summed E-state index contributed by atoms with van der Waals surface area (Å²) in [5, 5.41) is 12.4. The van der Waals surface area contributed by atoms with Crippen LogP contribution < -0.4 is 4.90 Å². The van der Waals surface area contributed by atoms with Crippen molar-refractivity contribution in [1.82, 2.24) is 15.0 Å². The average Bonchev–Trinajstić information content (AvgIpc) is 2.80. The van der Waals surface area contributed by atoms with Crippen LogP contribution in [0.5, 0.6) is 0 Å². The van der Waals surface area contributed by atoms with Gasteiger partial charge in [0.05, 0.1) is 11.5 Å². The number of rotatable bonds is 7. The summed E-state index contributed by atoms with van der Waals surface area (Å²) >= 11 is 1.24. The fourth-order valence-electron chi connectivity index (χ4n) is 3.05. The highest BCUT2D eigenvalue weighted by Crippen LogP contribution is 2.40. The Hall–Kier alpha value is -3.78. The van der Waals surface area contributed by atoms with E-state index in [0.717, 1.165) is 16.0 Å². The molecule has 0 saturated heterocycles. The smallest absolute Gasteiger partial charge is 0.301 e. The van der Waals surface area contributed by atoms with Gasteiger partial charge in [-0.15, -0.1) is 0 Å². The Balaban J connectivity index is 1.80. The second-order valence-corrected chi connectivity index (χ2v) is 7.85. The summed E-state index contributed by atoms with van der Waals surface area (Å²) in [6.45, 7) is 2.37. The maximum absolute atomic E-state index is 12.1. The number of anilines is 2. The molecule has 4 aromatic rings. The molecule has 0 aliphatic heterocycles. The van der Waals surface area contributed by atoms with Gasteiger partial charge in [0.2, 0.25) is 5.82 Å². The quantitative estimate of drug-likeness (QED) is 0.215. The average molecular weight is 430 g/mol. The minimum Gasteiger partial charge on any atom is -0.301 e. The zero-order chi connectivity index (χ0) is 21.6. The molecule has 4 rings (SSSR count). The van der Waals surface area contributed by atoms with Gasteiger partial charge in [-0.1, -0.05) is 65.9 Å². The Morgan fingerprint density at radius 3 is 2.35 bits per heavy atom. The molecule has 2 heterocycles. The molecule has 0 N–H and O–H groups in total. The topological polar surface area (TPSA) is 85.0 Å². The van der Waals surface area contributed by atoms with Gasteiger partial charge in [0, 0.05) is 11.1 Å².